The van der Waals surface area contributed by atoms with E-state index in [2.05, 4.69) is 20.3 Å². The summed E-state index contributed by atoms with van der Waals surface area (Å²) in [6.07, 6.45) is 3.31. The summed E-state index contributed by atoms with van der Waals surface area (Å²) in [5, 5.41) is 5.60. The maximum atomic E-state index is 13.1. The van der Waals surface area contributed by atoms with Gasteiger partial charge >= 0.3 is 0 Å². The number of hydrogen-bond acceptors (Lipinski definition) is 5. The average molecular weight is 501 g/mol. The van der Waals surface area contributed by atoms with Crippen LogP contribution < -0.4 is 15.4 Å². The van der Waals surface area contributed by atoms with E-state index in [0.717, 1.165) is 5.56 Å². The van der Waals surface area contributed by atoms with E-state index in [1.807, 2.05) is 6.07 Å². The zero-order chi connectivity index (χ0) is 25.5. The predicted octanol–water partition coefficient (Wildman–Crippen LogP) is 4.37. The molecule has 36 heavy (non-hydrogen) atoms. The van der Waals surface area contributed by atoms with Crippen molar-refractivity contribution in [2.45, 2.75) is 18.4 Å². The summed E-state index contributed by atoms with van der Waals surface area (Å²) >= 11 is 0. The van der Waals surface area contributed by atoms with Crippen LogP contribution in [-0.2, 0) is 16.6 Å². The van der Waals surface area contributed by atoms with Crippen molar-refractivity contribution in [2.24, 2.45) is 0 Å². The number of hydrogen-bond donors (Lipinski definition) is 3. The Hall–Kier alpha value is -4.50. The summed E-state index contributed by atoms with van der Waals surface area (Å²) in [5.74, 6) is -0.823. The van der Waals surface area contributed by atoms with E-state index in [1.54, 1.807) is 86.0 Å². The predicted molar refractivity (Wildman–Crippen MR) is 138 cm³/mol. The third-order valence-corrected chi connectivity index (χ3v) is 6.85. The van der Waals surface area contributed by atoms with E-state index < -0.39 is 15.9 Å². The number of carbonyl (C=O) groups is 2. The lowest BCUT2D eigenvalue weighted by molar-refractivity contribution is 0.0951. The molecule has 182 valence electrons. The molecule has 3 aromatic carbocycles. The number of sulfonamides is 1. The Morgan fingerprint density at radius 2 is 1.47 bits per heavy atom. The summed E-state index contributed by atoms with van der Waals surface area (Å²) in [6, 6.07) is 23.1. The van der Waals surface area contributed by atoms with Gasteiger partial charge in [-0.25, -0.2) is 8.42 Å². The van der Waals surface area contributed by atoms with Crippen LogP contribution in [-0.4, -0.2) is 25.2 Å². The van der Waals surface area contributed by atoms with E-state index in [9.17, 15) is 18.0 Å². The molecule has 8 nitrogen and oxygen atoms in total. The topological polar surface area (TPSA) is 117 Å². The molecule has 1 heterocycles. The van der Waals surface area contributed by atoms with Crippen LogP contribution in [0.25, 0.3) is 0 Å². The van der Waals surface area contributed by atoms with Crippen LogP contribution in [0.2, 0.25) is 0 Å². The maximum Gasteiger partial charge on any atom is 0.261 e. The number of amides is 2. The van der Waals surface area contributed by atoms with Crippen molar-refractivity contribution in [1.82, 2.24) is 10.3 Å². The second kappa shape index (κ2) is 10.8. The number of rotatable bonds is 8. The number of pyridine rings is 1. The monoisotopic (exact) mass is 500 g/mol. The minimum atomic E-state index is -3.82. The van der Waals surface area contributed by atoms with Gasteiger partial charge in [-0.15, -0.1) is 0 Å². The number of carbonyl (C=O) groups excluding carboxylic acids is 2. The van der Waals surface area contributed by atoms with Gasteiger partial charge in [0, 0.05) is 24.5 Å². The Kier molecular flexibility index (Phi) is 7.41. The van der Waals surface area contributed by atoms with Crippen molar-refractivity contribution < 1.29 is 18.0 Å². The molecule has 4 aromatic rings. The van der Waals surface area contributed by atoms with Gasteiger partial charge in [-0.2, -0.15) is 0 Å². The van der Waals surface area contributed by atoms with Crippen molar-refractivity contribution in [3.8, 4) is 0 Å². The molecule has 0 saturated heterocycles. The van der Waals surface area contributed by atoms with Crippen molar-refractivity contribution in [1.29, 1.82) is 0 Å². The number of nitrogens with one attached hydrogen (secondary N) is 3. The second-order valence-electron chi connectivity index (χ2n) is 7.94. The summed E-state index contributed by atoms with van der Waals surface area (Å²) in [7, 11) is -3.82. The van der Waals surface area contributed by atoms with Crippen LogP contribution in [0, 0.1) is 6.92 Å². The Balaban J connectivity index is 1.52. The normalized spacial score (nSPS) is 10.9. The Morgan fingerprint density at radius 3 is 2.22 bits per heavy atom. The molecule has 4 rings (SSSR count). The molecule has 0 atom stereocenters. The standard InChI is InChI=1S/C27H24N4O4S/c1-19-22(13-7-15-24(19)31-36(34,35)21-10-3-2-4-11-21)27(33)30-25-14-6-5-12-23(25)26(32)29-18-20-9-8-16-28-17-20/h2-17,31H,18H2,1H3,(H,29,32)(H,30,33). The second-order valence-corrected chi connectivity index (χ2v) is 9.62. The minimum absolute atomic E-state index is 0.116. The average Bonchev–Trinajstić information content (AvgIpc) is 2.90. The molecule has 1 aromatic heterocycles. The zero-order valence-electron chi connectivity index (χ0n) is 19.4. The van der Waals surface area contributed by atoms with Crippen molar-refractivity contribution in [3.05, 3.63) is 120 Å². The van der Waals surface area contributed by atoms with Crippen LogP contribution in [0.3, 0.4) is 0 Å². The molecule has 3 N–H and O–H groups in total. The lowest BCUT2D eigenvalue weighted by Gasteiger charge is -2.15. The minimum Gasteiger partial charge on any atom is -0.348 e. The zero-order valence-corrected chi connectivity index (χ0v) is 20.2. The third kappa shape index (κ3) is 5.76. The van der Waals surface area contributed by atoms with E-state index in [-0.39, 0.29) is 28.6 Å². The number of para-hydroxylation sites is 1. The lowest BCUT2D eigenvalue weighted by atomic mass is 10.1. The SMILES string of the molecule is Cc1c(NS(=O)(=O)c2ccccc2)cccc1C(=O)Nc1ccccc1C(=O)NCc1cccnc1. The highest BCUT2D eigenvalue weighted by Crippen LogP contribution is 2.24. The summed E-state index contributed by atoms with van der Waals surface area (Å²) in [6.45, 7) is 1.95. The quantitative estimate of drug-likeness (QED) is 0.332. The highest BCUT2D eigenvalue weighted by molar-refractivity contribution is 7.92. The molecule has 0 radical (unpaired) electrons. The highest BCUT2D eigenvalue weighted by atomic mass is 32.2. The number of nitrogens with zero attached hydrogens (tertiary/aromatic N) is 1. The van der Waals surface area contributed by atoms with Gasteiger partial charge in [-0.3, -0.25) is 19.3 Å². The Morgan fingerprint density at radius 1 is 0.778 bits per heavy atom. The fourth-order valence-corrected chi connectivity index (χ4v) is 4.70. The molecule has 0 bridgehead atoms. The van der Waals surface area contributed by atoms with Gasteiger partial charge in [0.05, 0.1) is 21.8 Å². The van der Waals surface area contributed by atoms with Crippen LogP contribution in [0.15, 0.2) is 102 Å². The Bertz CT molecular complexity index is 1490. The molecule has 0 aliphatic heterocycles. The van der Waals surface area contributed by atoms with Gasteiger partial charge in [0.25, 0.3) is 21.8 Å². The van der Waals surface area contributed by atoms with E-state index >= 15 is 0 Å². The highest BCUT2D eigenvalue weighted by Gasteiger charge is 2.19. The third-order valence-electron chi connectivity index (χ3n) is 5.47. The first-order valence-electron chi connectivity index (χ1n) is 11.1. The summed E-state index contributed by atoms with van der Waals surface area (Å²) in [5.41, 5.74) is 2.49. The smallest absolute Gasteiger partial charge is 0.261 e. The molecule has 0 aliphatic rings. The number of benzene rings is 3. The van der Waals surface area contributed by atoms with Gasteiger partial charge in [0.15, 0.2) is 0 Å². The van der Waals surface area contributed by atoms with Crippen LogP contribution in [0.4, 0.5) is 11.4 Å². The van der Waals surface area contributed by atoms with Crippen molar-refractivity contribution in [3.63, 3.8) is 0 Å². The summed E-state index contributed by atoms with van der Waals surface area (Å²) in [4.78, 5) is 30.1. The van der Waals surface area contributed by atoms with E-state index in [0.29, 0.717) is 16.8 Å². The summed E-state index contributed by atoms with van der Waals surface area (Å²) < 4.78 is 28.0. The van der Waals surface area contributed by atoms with E-state index in [4.69, 9.17) is 0 Å². The number of anilines is 2. The van der Waals surface area contributed by atoms with Crippen LogP contribution in [0.5, 0.6) is 0 Å². The molecule has 0 fully saturated rings. The molecular weight excluding hydrogens is 476 g/mol. The number of aromatic nitrogens is 1. The molecule has 9 heteroatoms. The van der Waals surface area contributed by atoms with Gasteiger partial charge in [-0.1, -0.05) is 42.5 Å². The first-order valence-corrected chi connectivity index (χ1v) is 12.6. The van der Waals surface area contributed by atoms with Crippen molar-refractivity contribution >= 4 is 33.2 Å². The van der Waals surface area contributed by atoms with Crippen LogP contribution in [0.1, 0.15) is 31.8 Å². The largest absolute Gasteiger partial charge is 0.348 e. The maximum absolute atomic E-state index is 13.1. The van der Waals surface area contributed by atoms with Crippen LogP contribution >= 0.6 is 0 Å². The first-order chi connectivity index (χ1) is 17.3. The fourth-order valence-electron chi connectivity index (χ4n) is 3.56. The molecule has 2 amide bonds. The molecule has 0 unspecified atom stereocenters. The lowest BCUT2D eigenvalue weighted by Crippen LogP contribution is -2.25. The van der Waals surface area contributed by atoms with Gasteiger partial charge in [-0.05, 0) is 60.5 Å². The Labute approximate surface area is 209 Å². The van der Waals surface area contributed by atoms with Gasteiger partial charge in [0.2, 0.25) is 0 Å². The van der Waals surface area contributed by atoms with Gasteiger partial charge in [0.1, 0.15) is 0 Å². The molecular formula is C27H24N4O4S. The first kappa shape index (κ1) is 24.6. The van der Waals surface area contributed by atoms with Crippen molar-refractivity contribution in [2.75, 3.05) is 10.0 Å². The van der Waals surface area contributed by atoms with Gasteiger partial charge < -0.3 is 10.6 Å². The van der Waals surface area contributed by atoms with E-state index in [1.165, 1.54) is 12.1 Å². The molecule has 0 spiro atoms. The fraction of sp³-hybridized carbons (Fsp3) is 0.0741. The molecule has 0 aliphatic carbocycles. The molecule has 0 saturated carbocycles.